The number of carbonyl (C=O) groups is 3. The Morgan fingerprint density at radius 2 is 1.84 bits per heavy atom. The Morgan fingerprint density at radius 1 is 1.16 bits per heavy atom. The number of aliphatic carboxylic acids is 1. The van der Waals surface area contributed by atoms with Crippen molar-refractivity contribution in [2.45, 2.75) is 69.9 Å². The van der Waals surface area contributed by atoms with Crippen LogP contribution in [0.15, 0.2) is 0 Å². The third-order valence-electron chi connectivity index (χ3n) is 4.38. The third kappa shape index (κ3) is 8.31. The minimum atomic E-state index is -1.24. The van der Waals surface area contributed by atoms with E-state index in [1.807, 2.05) is 0 Å². The lowest BCUT2D eigenvalue weighted by Gasteiger charge is -2.27. The number of rotatable bonds is 11. The molecule has 0 saturated heterocycles. The molecule has 8 nitrogen and oxygen atoms in total. The van der Waals surface area contributed by atoms with Crippen LogP contribution in [0.3, 0.4) is 0 Å². The lowest BCUT2D eigenvalue weighted by molar-refractivity contribution is -0.142. The van der Waals surface area contributed by atoms with Gasteiger partial charge in [-0.3, -0.25) is 9.59 Å². The normalized spacial score (nSPS) is 19.9. The molecule has 1 saturated carbocycles. The summed E-state index contributed by atoms with van der Waals surface area (Å²) in [5, 5.41) is 12.3. The van der Waals surface area contributed by atoms with Gasteiger partial charge in [-0.1, -0.05) is 32.1 Å². The van der Waals surface area contributed by atoms with Crippen molar-refractivity contribution in [1.82, 2.24) is 10.6 Å². The molecule has 144 valence electrons. The van der Waals surface area contributed by atoms with Gasteiger partial charge in [0.1, 0.15) is 12.1 Å². The van der Waals surface area contributed by atoms with Crippen LogP contribution >= 0.6 is 0 Å². The number of carboxylic acids is 1. The first kappa shape index (κ1) is 18.1. The summed E-state index contributed by atoms with van der Waals surface area (Å²) in [6, 6.07) is -2.37. The molecule has 0 aromatic carbocycles. The first-order valence-corrected chi connectivity index (χ1v) is 8.98. The number of amides is 2. The van der Waals surface area contributed by atoms with Gasteiger partial charge < -0.3 is 27.2 Å². The van der Waals surface area contributed by atoms with E-state index in [1.165, 1.54) is 0 Å². The van der Waals surface area contributed by atoms with Crippen LogP contribution in [0.4, 0.5) is 0 Å². The second-order valence-corrected chi connectivity index (χ2v) is 6.44. The Balaban J connectivity index is 2.90. The van der Waals surface area contributed by atoms with Crippen molar-refractivity contribution in [3.8, 4) is 0 Å². The molecule has 1 aliphatic carbocycles. The predicted octanol–water partition coefficient (Wildman–Crippen LogP) is 0.0987. The van der Waals surface area contributed by atoms with E-state index >= 15 is 0 Å². The second kappa shape index (κ2) is 11.8. The van der Waals surface area contributed by atoms with E-state index in [2.05, 4.69) is 5.32 Å². The maximum atomic E-state index is 12.7. The van der Waals surface area contributed by atoms with Gasteiger partial charge in [0, 0.05) is 1.37 Å². The molecule has 2 amide bonds. The molecule has 0 radical (unpaired) electrons. The van der Waals surface area contributed by atoms with E-state index in [9.17, 15) is 19.5 Å². The van der Waals surface area contributed by atoms with Crippen LogP contribution in [0.1, 0.15) is 59.2 Å². The van der Waals surface area contributed by atoms with Gasteiger partial charge in [-0.2, -0.15) is 0 Å². The zero-order chi connectivity index (χ0) is 20.4. The number of hydrogen-bond acceptors (Lipinski definition) is 5. The van der Waals surface area contributed by atoms with Crippen molar-refractivity contribution in [3.63, 3.8) is 0 Å². The van der Waals surface area contributed by atoms with Gasteiger partial charge in [0.2, 0.25) is 11.8 Å². The van der Waals surface area contributed by atoms with E-state index in [0.29, 0.717) is 37.5 Å². The molecule has 0 aromatic heterocycles. The quantitative estimate of drug-likeness (QED) is 0.331. The number of nitrogens with two attached hydrogens (primary N) is 2. The molecule has 0 spiro atoms. The summed E-state index contributed by atoms with van der Waals surface area (Å²) < 4.78 is 16.6. The molecule has 8 heteroatoms. The predicted molar refractivity (Wildman–Crippen MR) is 94.6 cm³/mol. The molecular weight excluding hydrogens is 324 g/mol. The fraction of sp³-hybridized carbons (Fsp3) is 0.824. The van der Waals surface area contributed by atoms with Crippen LogP contribution in [-0.2, 0) is 14.4 Å². The Morgan fingerprint density at radius 3 is 2.40 bits per heavy atom. The third-order valence-corrected chi connectivity index (χ3v) is 4.38. The number of hydrogen-bond donors (Lipinski definition) is 5. The van der Waals surface area contributed by atoms with Crippen LogP contribution < -0.4 is 22.1 Å². The number of unbranched alkanes of at least 4 members (excludes halogenated alkanes) is 1. The van der Waals surface area contributed by atoms with E-state index in [0.717, 1.165) is 19.3 Å². The van der Waals surface area contributed by atoms with Crippen LogP contribution in [0.25, 0.3) is 0 Å². The highest BCUT2D eigenvalue weighted by Crippen LogP contribution is 2.27. The van der Waals surface area contributed by atoms with Gasteiger partial charge in [0.05, 0.1) is 6.54 Å². The lowest BCUT2D eigenvalue weighted by Crippen LogP contribution is -2.53. The molecule has 0 bridgehead atoms. The summed E-state index contributed by atoms with van der Waals surface area (Å²) in [4.78, 5) is 36.0. The monoisotopic (exact) mass is 358 g/mol. The van der Waals surface area contributed by atoms with Gasteiger partial charge in [0.25, 0.3) is 0 Å². The van der Waals surface area contributed by atoms with Crippen molar-refractivity contribution in [3.05, 3.63) is 0 Å². The van der Waals surface area contributed by atoms with Gasteiger partial charge >= 0.3 is 5.97 Å². The highest BCUT2D eigenvalue weighted by Gasteiger charge is 2.28. The number of carbonyl (C=O) groups excluding carboxylic acids is 2. The van der Waals surface area contributed by atoms with Crippen LogP contribution in [0, 0.1) is 5.89 Å². The fourth-order valence-electron chi connectivity index (χ4n) is 2.97. The van der Waals surface area contributed by atoms with Crippen molar-refractivity contribution in [2.75, 3.05) is 13.1 Å². The molecule has 1 aliphatic rings. The zero-order valence-corrected chi connectivity index (χ0v) is 14.7. The van der Waals surface area contributed by atoms with Gasteiger partial charge in [-0.15, -0.1) is 0 Å². The van der Waals surface area contributed by atoms with Crippen LogP contribution in [0.2, 0.25) is 1.41 Å². The fourth-order valence-corrected chi connectivity index (χ4v) is 2.97. The van der Waals surface area contributed by atoms with E-state index in [-0.39, 0.29) is 12.8 Å². The number of carboxylic acid groups (broad SMARTS) is 1. The minimum Gasteiger partial charge on any atom is -0.480 e. The molecule has 1 rings (SSSR count). The average Bonchev–Trinajstić information content (AvgIpc) is 2.64. The van der Waals surface area contributed by atoms with Gasteiger partial charge in [-0.05, 0) is 38.1 Å². The van der Waals surface area contributed by atoms with Gasteiger partial charge in [-0.25, -0.2) is 4.79 Å². The summed E-state index contributed by atoms with van der Waals surface area (Å²) in [6.45, 7) is -0.00703. The largest absolute Gasteiger partial charge is 0.480 e. The summed E-state index contributed by atoms with van der Waals surface area (Å²) >= 11 is 0. The molecule has 0 aliphatic heterocycles. The van der Waals surface area contributed by atoms with Crippen molar-refractivity contribution in [1.29, 1.82) is 0 Å². The Kier molecular flexibility index (Phi) is 8.57. The van der Waals surface area contributed by atoms with E-state index < -0.39 is 42.3 Å². The lowest BCUT2D eigenvalue weighted by atomic mass is 9.84. The highest BCUT2D eigenvalue weighted by molar-refractivity contribution is 5.90. The Bertz CT molecular complexity index is 515. The molecule has 1 fully saturated rings. The maximum Gasteiger partial charge on any atom is 0.326 e. The standard InChI is InChI=1S/C17H32N4O4/c18-9-5-4-8-13(17(24)25)21-16(23)14(20-15(22)11-19)10-12-6-2-1-3-7-12/h12-14H,1-11,18-19H2,(H,20,22)(H,21,23)(H,24,25)/t13-,14-/m0/s1/i12D/hD. The first-order chi connectivity index (χ1) is 12.7. The van der Waals surface area contributed by atoms with Crippen molar-refractivity contribution in [2.24, 2.45) is 17.4 Å². The molecule has 25 heavy (non-hydrogen) atoms. The first-order valence-electron chi connectivity index (χ1n) is 9.93. The topological polar surface area (TPSA) is 148 Å². The van der Waals surface area contributed by atoms with Gasteiger partial charge in [0.15, 0.2) is 1.41 Å². The molecular formula is C17H32N4O4. The van der Waals surface area contributed by atoms with Crippen molar-refractivity contribution < 1.29 is 22.3 Å². The molecule has 7 N–H and O–H groups in total. The smallest absolute Gasteiger partial charge is 0.326 e. The summed E-state index contributed by atoms with van der Waals surface area (Å²) in [5.74, 6) is -3.57. The van der Waals surface area contributed by atoms with Crippen molar-refractivity contribution >= 4 is 17.8 Å². The number of nitrogens with one attached hydrogen (secondary N) is 2. The van der Waals surface area contributed by atoms with E-state index in [1.54, 1.807) is 0 Å². The molecule has 0 aromatic rings. The zero-order valence-electron chi connectivity index (χ0n) is 16.7. The van der Waals surface area contributed by atoms with E-state index in [4.69, 9.17) is 14.2 Å². The molecule has 0 heterocycles. The average molecular weight is 358 g/mol. The minimum absolute atomic E-state index is 0.0107. The Labute approximate surface area is 151 Å². The van der Waals surface area contributed by atoms with Crippen LogP contribution in [-0.4, -0.2) is 48.1 Å². The maximum absolute atomic E-state index is 12.7. The highest BCUT2D eigenvalue weighted by atomic mass is 16.4. The summed E-state index contributed by atoms with van der Waals surface area (Å²) in [5.41, 5.74) is 10.7. The SMILES string of the molecule is [2H]N(C(=O)CN)[C@@H](CC1([2H])CCCCC1)C(=O)N[C@@H](CCCCN)C(=O)O. The summed E-state index contributed by atoms with van der Waals surface area (Å²) in [7, 11) is 0. The molecule has 2 atom stereocenters. The second-order valence-electron chi connectivity index (χ2n) is 6.44. The summed E-state index contributed by atoms with van der Waals surface area (Å²) in [6.07, 6.45) is 5.27. The molecule has 0 unspecified atom stereocenters. The van der Waals surface area contributed by atoms with Crippen LogP contribution in [0.5, 0.6) is 0 Å². The Hall–Kier alpha value is -1.67.